The van der Waals surface area contributed by atoms with Crippen LogP contribution >= 0.6 is 0 Å². The van der Waals surface area contributed by atoms with E-state index in [1.165, 1.54) is 12.2 Å². The molecule has 0 aromatic heterocycles. The van der Waals surface area contributed by atoms with Gasteiger partial charge < -0.3 is 20.1 Å². The summed E-state index contributed by atoms with van der Waals surface area (Å²) in [5.41, 5.74) is -0.758. The maximum atomic E-state index is 11.6. The van der Waals surface area contributed by atoms with Crippen LogP contribution in [0.4, 0.5) is 0 Å². The molecule has 7 heteroatoms. The number of hydrogen-bond acceptors (Lipinski definition) is 5. The number of carbonyl (C=O) groups excluding carboxylic acids is 2. The number of carboxylic acid groups (broad SMARTS) is 2. The van der Waals surface area contributed by atoms with Gasteiger partial charge in [-0.25, -0.2) is 4.79 Å². The van der Waals surface area contributed by atoms with Gasteiger partial charge in [-0.15, -0.1) is 0 Å². The Bertz CT molecular complexity index is 725. The summed E-state index contributed by atoms with van der Waals surface area (Å²) in [6.45, 7) is 8.80. The Balaban J connectivity index is 0. The van der Waals surface area contributed by atoms with E-state index < -0.39 is 23.0 Å². The molecule has 148 valence electrons. The number of aliphatic carboxylic acids is 2. The molecule has 0 radical (unpaired) electrons. The Morgan fingerprint density at radius 1 is 1.21 bits per heavy atom. The molecule has 0 bridgehead atoms. The summed E-state index contributed by atoms with van der Waals surface area (Å²) >= 11 is 0. The second kappa shape index (κ2) is 13.2. The maximum absolute atomic E-state index is 11.6. The molecule has 0 aromatic rings. The van der Waals surface area contributed by atoms with E-state index in [2.05, 4.69) is 0 Å². The summed E-state index contributed by atoms with van der Waals surface area (Å²) in [6, 6.07) is 0. The first-order valence-corrected chi connectivity index (χ1v) is 8.40. The average Bonchev–Trinajstić information content (AvgIpc) is 2.50. The molecular weight excluding hydrogens is 387 g/mol. The third kappa shape index (κ3) is 9.91. The van der Waals surface area contributed by atoms with E-state index in [9.17, 15) is 24.6 Å². The van der Waals surface area contributed by atoms with E-state index in [1.54, 1.807) is 45.1 Å². The summed E-state index contributed by atoms with van der Waals surface area (Å²) in [5.74, 6) is -2.19. The van der Waals surface area contributed by atoms with Crippen molar-refractivity contribution in [3.8, 4) is 0 Å². The van der Waals surface area contributed by atoms with Crippen LogP contribution in [0.3, 0.4) is 0 Å². The van der Waals surface area contributed by atoms with Crippen molar-refractivity contribution in [3.05, 3.63) is 59.8 Å². The Morgan fingerprint density at radius 2 is 1.79 bits per heavy atom. The van der Waals surface area contributed by atoms with Gasteiger partial charge in [-0.1, -0.05) is 38.2 Å². The summed E-state index contributed by atoms with van der Waals surface area (Å²) in [7, 11) is 0. The fourth-order valence-corrected chi connectivity index (χ4v) is 2.60. The van der Waals surface area contributed by atoms with Crippen molar-refractivity contribution in [1.82, 2.24) is 0 Å². The number of rotatable bonds is 5. The minimum absolute atomic E-state index is 0. The molecule has 6 nitrogen and oxygen atoms in total. The number of carboxylic acids is 2. The molecule has 1 atom stereocenters. The first kappa shape index (κ1) is 29.1. The molecule has 0 unspecified atom stereocenters. The van der Waals surface area contributed by atoms with Gasteiger partial charge in [0.15, 0.2) is 5.78 Å². The van der Waals surface area contributed by atoms with Crippen molar-refractivity contribution < 1.29 is 81.1 Å². The number of ketones is 1. The van der Waals surface area contributed by atoms with Gasteiger partial charge in [-0.05, 0) is 50.1 Å². The second-order valence-electron chi connectivity index (χ2n) is 6.88. The van der Waals surface area contributed by atoms with Crippen LogP contribution in [-0.4, -0.2) is 33.5 Å². The van der Waals surface area contributed by atoms with Gasteiger partial charge in [-0.2, -0.15) is 0 Å². The Kier molecular flexibility index (Phi) is 13.7. The molecule has 0 saturated carbocycles. The van der Waals surface area contributed by atoms with E-state index in [0.29, 0.717) is 11.1 Å². The molecule has 0 saturated heterocycles. The van der Waals surface area contributed by atoms with Crippen LogP contribution in [0.15, 0.2) is 59.8 Å². The predicted molar refractivity (Wildman–Crippen MR) is 102 cm³/mol. The number of allylic oxidation sites excluding steroid dienone is 6. The molecule has 1 aliphatic carbocycles. The van der Waals surface area contributed by atoms with Crippen LogP contribution in [-0.2, 0) is 14.4 Å². The number of hydrogen-bond donors (Lipinski definition) is 2. The van der Waals surface area contributed by atoms with E-state index in [4.69, 9.17) is 5.11 Å². The van der Waals surface area contributed by atoms with E-state index in [-0.39, 0.29) is 63.6 Å². The van der Waals surface area contributed by atoms with Crippen molar-refractivity contribution in [2.45, 2.75) is 46.6 Å². The predicted octanol–water partition coefficient (Wildman–Crippen LogP) is -0.877. The fourth-order valence-electron chi connectivity index (χ4n) is 2.60. The van der Waals surface area contributed by atoms with Gasteiger partial charge >= 0.3 is 57.4 Å². The van der Waals surface area contributed by atoms with E-state index in [0.717, 1.165) is 12.2 Å². The zero-order chi connectivity index (χ0) is 21.3. The Hall–Kier alpha value is -1.09. The Morgan fingerprint density at radius 3 is 2.21 bits per heavy atom. The standard InChI is InChI=1S/C15H20O4.C6H8O2.K/c1-10(7-13(17)18)5-6-15(19)11(2)8-12(16)9-14(15,3)4;1-2-3-4-5-6(7)8;/h5-8,19H,9H2,1-4H3,(H,17,18);2-5H,1H3,(H,7,8);/q;;+1/p-1/t15-;;/m1../s1. The smallest absolute Gasteiger partial charge is 0.545 e. The van der Waals surface area contributed by atoms with Crippen molar-refractivity contribution in [1.29, 1.82) is 0 Å². The van der Waals surface area contributed by atoms with E-state index >= 15 is 0 Å². The quantitative estimate of drug-likeness (QED) is 0.343. The fraction of sp³-hybridized carbons (Fsp3) is 0.381. The topological polar surface area (TPSA) is 115 Å². The van der Waals surface area contributed by atoms with Gasteiger partial charge in [0.05, 0.1) is 5.97 Å². The molecule has 0 heterocycles. The molecule has 1 rings (SSSR count). The zero-order valence-corrected chi connectivity index (χ0v) is 20.5. The molecule has 1 aliphatic rings. The van der Waals surface area contributed by atoms with Crippen LogP contribution in [0.25, 0.3) is 0 Å². The molecule has 0 fully saturated rings. The van der Waals surface area contributed by atoms with Crippen LogP contribution < -0.4 is 56.5 Å². The minimum atomic E-state index is -1.24. The van der Waals surface area contributed by atoms with Crippen LogP contribution in [0.5, 0.6) is 0 Å². The molecule has 0 amide bonds. The average molecular weight is 415 g/mol. The van der Waals surface area contributed by atoms with Gasteiger partial charge in [0.2, 0.25) is 0 Å². The van der Waals surface area contributed by atoms with Crippen LogP contribution in [0.1, 0.15) is 41.0 Å². The number of carbonyl (C=O) groups is 3. The molecule has 0 spiro atoms. The molecule has 0 aliphatic heterocycles. The largest absolute Gasteiger partial charge is 1.00 e. The van der Waals surface area contributed by atoms with Crippen molar-refractivity contribution in [3.63, 3.8) is 0 Å². The van der Waals surface area contributed by atoms with Gasteiger partial charge in [0, 0.05) is 17.9 Å². The van der Waals surface area contributed by atoms with Crippen LogP contribution in [0.2, 0.25) is 0 Å². The monoisotopic (exact) mass is 414 g/mol. The van der Waals surface area contributed by atoms with Crippen molar-refractivity contribution in [2.75, 3.05) is 0 Å². The first-order valence-electron chi connectivity index (χ1n) is 8.40. The minimum Gasteiger partial charge on any atom is -0.545 e. The summed E-state index contributed by atoms with van der Waals surface area (Å²) in [4.78, 5) is 31.7. The summed E-state index contributed by atoms with van der Waals surface area (Å²) in [5, 5.41) is 29.1. The maximum Gasteiger partial charge on any atom is 1.00 e. The normalized spacial score (nSPS) is 21.9. The van der Waals surface area contributed by atoms with Crippen molar-refractivity contribution >= 4 is 17.7 Å². The van der Waals surface area contributed by atoms with Gasteiger partial charge in [0.1, 0.15) is 5.60 Å². The van der Waals surface area contributed by atoms with Gasteiger partial charge in [0.25, 0.3) is 0 Å². The first-order chi connectivity index (χ1) is 12.4. The van der Waals surface area contributed by atoms with Crippen molar-refractivity contribution in [2.24, 2.45) is 5.41 Å². The second-order valence-corrected chi connectivity index (χ2v) is 6.88. The van der Waals surface area contributed by atoms with Crippen LogP contribution in [0, 0.1) is 5.41 Å². The SMILES string of the molecule is CC(C=C[C@@]1(O)C(C)=CC(=O)CC1(C)C)=CC(=O)O.CC=CC=CC(=O)[O-].[K+]. The Labute approximate surface area is 208 Å². The molecule has 2 N–H and O–H groups in total. The zero-order valence-electron chi connectivity index (χ0n) is 17.4. The molecule has 28 heavy (non-hydrogen) atoms. The van der Waals surface area contributed by atoms with E-state index in [1.807, 2.05) is 13.8 Å². The number of aliphatic hydroxyl groups is 1. The molecular formula is C21H27KO6. The summed E-state index contributed by atoms with van der Waals surface area (Å²) < 4.78 is 0. The third-order valence-corrected chi connectivity index (χ3v) is 4.10. The van der Waals surface area contributed by atoms with Gasteiger partial charge in [-0.3, -0.25) is 4.79 Å². The third-order valence-electron chi connectivity index (χ3n) is 4.10. The summed E-state index contributed by atoms with van der Waals surface area (Å²) in [6.07, 6.45) is 11.7. The molecule has 0 aromatic carbocycles.